The van der Waals surface area contributed by atoms with Crippen molar-refractivity contribution in [3.63, 3.8) is 0 Å². The lowest BCUT2D eigenvalue weighted by molar-refractivity contribution is 0.0655. The van der Waals surface area contributed by atoms with Gasteiger partial charge in [-0.1, -0.05) is 30.3 Å². The molecule has 2 aromatic rings. The number of hydrogen-bond donors (Lipinski definition) is 1. The van der Waals surface area contributed by atoms with E-state index in [9.17, 15) is 14.4 Å². The molecule has 0 aromatic heterocycles. The van der Waals surface area contributed by atoms with E-state index >= 15 is 0 Å². The molecule has 2 aliphatic heterocycles. The highest BCUT2D eigenvalue weighted by Gasteiger charge is 2.36. The lowest BCUT2D eigenvalue weighted by atomic mass is 10.0. The molecule has 1 N–H and O–H groups in total. The van der Waals surface area contributed by atoms with E-state index in [1.54, 1.807) is 18.2 Å². The topological polar surface area (TPSA) is 69.7 Å². The number of fused-ring (bicyclic) bond motifs is 1. The Labute approximate surface area is 182 Å². The van der Waals surface area contributed by atoms with Crippen molar-refractivity contribution in [2.45, 2.75) is 25.3 Å². The summed E-state index contributed by atoms with van der Waals surface area (Å²) in [5, 5.41) is 3.25. The number of imide groups is 1. The molecule has 4 rings (SSSR count). The molecule has 0 spiro atoms. The molecule has 1 saturated heterocycles. The van der Waals surface area contributed by atoms with Crippen molar-refractivity contribution in [3.8, 4) is 0 Å². The van der Waals surface area contributed by atoms with Gasteiger partial charge in [-0.2, -0.15) is 0 Å². The van der Waals surface area contributed by atoms with Gasteiger partial charge in [-0.15, -0.1) is 12.4 Å². The van der Waals surface area contributed by atoms with Gasteiger partial charge < -0.3 is 10.2 Å². The molecule has 0 unspecified atom stereocenters. The smallest absolute Gasteiger partial charge is 0.261 e. The van der Waals surface area contributed by atoms with Crippen LogP contribution in [0.25, 0.3) is 0 Å². The maximum absolute atomic E-state index is 12.9. The van der Waals surface area contributed by atoms with E-state index in [4.69, 9.17) is 0 Å². The van der Waals surface area contributed by atoms with Crippen molar-refractivity contribution in [3.05, 3.63) is 70.8 Å². The molecule has 158 valence electrons. The average molecular weight is 428 g/mol. The zero-order valence-corrected chi connectivity index (χ0v) is 17.8. The molecule has 3 amide bonds. The van der Waals surface area contributed by atoms with E-state index in [0.717, 1.165) is 18.4 Å². The Hall–Kier alpha value is -2.70. The summed E-state index contributed by atoms with van der Waals surface area (Å²) in [7, 11) is 1.94. The number of rotatable bonds is 5. The normalized spacial score (nSPS) is 16.4. The van der Waals surface area contributed by atoms with Gasteiger partial charge in [0.1, 0.15) is 0 Å². The molecule has 7 heteroatoms. The van der Waals surface area contributed by atoms with Crippen LogP contribution in [-0.4, -0.2) is 60.2 Å². The van der Waals surface area contributed by atoms with E-state index in [1.807, 2.05) is 42.3 Å². The zero-order valence-electron chi connectivity index (χ0n) is 17.0. The van der Waals surface area contributed by atoms with Crippen LogP contribution in [0.4, 0.5) is 0 Å². The summed E-state index contributed by atoms with van der Waals surface area (Å²) in [6.07, 6.45) is 2.44. The monoisotopic (exact) mass is 427 g/mol. The highest BCUT2D eigenvalue weighted by atomic mass is 35.5. The summed E-state index contributed by atoms with van der Waals surface area (Å²) < 4.78 is 0. The highest BCUT2D eigenvalue weighted by molar-refractivity contribution is 6.22. The number of benzene rings is 2. The molecular weight excluding hydrogens is 402 g/mol. The summed E-state index contributed by atoms with van der Waals surface area (Å²) in [5.74, 6) is -0.676. The molecule has 0 radical (unpaired) electrons. The second kappa shape index (κ2) is 9.41. The molecule has 0 atom stereocenters. The first-order valence-corrected chi connectivity index (χ1v) is 10.1. The minimum Gasteiger partial charge on any atom is -0.339 e. The van der Waals surface area contributed by atoms with Gasteiger partial charge in [-0.3, -0.25) is 19.3 Å². The summed E-state index contributed by atoms with van der Waals surface area (Å²) >= 11 is 0. The van der Waals surface area contributed by atoms with E-state index in [0.29, 0.717) is 48.8 Å². The minimum absolute atomic E-state index is 0. The first kappa shape index (κ1) is 22.0. The minimum atomic E-state index is -0.315. The Kier molecular flexibility index (Phi) is 6.90. The van der Waals surface area contributed by atoms with E-state index in [2.05, 4.69) is 5.32 Å². The van der Waals surface area contributed by atoms with E-state index < -0.39 is 0 Å². The fourth-order valence-electron chi connectivity index (χ4n) is 4.07. The number of nitrogens with zero attached hydrogens (tertiary/aromatic N) is 2. The fraction of sp³-hybridized carbons (Fsp3) is 0.348. The van der Waals surface area contributed by atoms with Crippen LogP contribution in [-0.2, 0) is 6.42 Å². The lowest BCUT2D eigenvalue weighted by Gasteiger charge is -2.31. The Morgan fingerprint density at radius 3 is 2.33 bits per heavy atom. The predicted molar refractivity (Wildman–Crippen MR) is 117 cm³/mol. The van der Waals surface area contributed by atoms with E-state index in [1.165, 1.54) is 4.90 Å². The van der Waals surface area contributed by atoms with Crippen molar-refractivity contribution >= 4 is 30.1 Å². The summed E-state index contributed by atoms with van der Waals surface area (Å²) in [6, 6.07) is 15.1. The number of carbonyl (C=O) groups excluding carboxylic acids is 3. The molecule has 2 aliphatic rings. The van der Waals surface area contributed by atoms with Crippen molar-refractivity contribution in [1.29, 1.82) is 0 Å². The van der Waals surface area contributed by atoms with Crippen LogP contribution in [0.3, 0.4) is 0 Å². The highest BCUT2D eigenvalue weighted by Crippen LogP contribution is 2.25. The number of piperidine rings is 1. The second-order valence-corrected chi connectivity index (χ2v) is 7.61. The quantitative estimate of drug-likeness (QED) is 0.745. The molecule has 0 saturated carbocycles. The van der Waals surface area contributed by atoms with Crippen LogP contribution in [0.1, 0.15) is 49.5 Å². The van der Waals surface area contributed by atoms with Gasteiger partial charge in [0.25, 0.3) is 17.7 Å². The maximum Gasteiger partial charge on any atom is 0.261 e. The Balaban J connectivity index is 0.00000256. The van der Waals surface area contributed by atoms with Crippen molar-refractivity contribution in [1.82, 2.24) is 15.1 Å². The molecular formula is C23H26ClN3O3. The van der Waals surface area contributed by atoms with Gasteiger partial charge in [0.2, 0.25) is 0 Å². The van der Waals surface area contributed by atoms with Gasteiger partial charge in [0.15, 0.2) is 0 Å². The van der Waals surface area contributed by atoms with Crippen molar-refractivity contribution in [2.75, 3.05) is 26.7 Å². The predicted octanol–water partition coefficient (Wildman–Crippen LogP) is 2.77. The van der Waals surface area contributed by atoms with Crippen LogP contribution < -0.4 is 5.32 Å². The van der Waals surface area contributed by atoms with Crippen LogP contribution >= 0.6 is 12.4 Å². The summed E-state index contributed by atoms with van der Waals surface area (Å²) in [5.41, 5.74) is 2.26. The number of nitrogens with one attached hydrogen (secondary N) is 1. The number of amides is 3. The fourth-order valence-corrected chi connectivity index (χ4v) is 4.07. The standard InChI is InChI=1S/C23H25N3O3.ClH/c1-24-18-10-12-25(13-11-18)21(27)17-7-8-19-20(15-17)23(29)26(22(19)28)14-9-16-5-3-2-4-6-16;/h2-8,15,18,24H,9-14H2,1H3;1H. The second-order valence-electron chi connectivity index (χ2n) is 7.61. The summed E-state index contributed by atoms with van der Waals surface area (Å²) in [4.78, 5) is 41.5. The third-order valence-corrected chi connectivity index (χ3v) is 5.87. The van der Waals surface area contributed by atoms with Crippen LogP contribution in [0.2, 0.25) is 0 Å². The Bertz CT molecular complexity index is 940. The van der Waals surface area contributed by atoms with Gasteiger partial charge in [-0.25, -0.2) is 0 Å². The molecule has 0 aliphatic carbocycles. The van der Waals surface area contributed by atoms with Crippen molar-refractivity contribution in [2.24, 2.45) is 0 Å². The van der Waals surface area contributed by atoms with Crippen molar-refractivity contribution < 1.29 is 14.4 Å². The third-order valence-electron chi connectivity index (χ3n) is 5.87. The molecule has 0 bridgehead atoms. The average Bonchev–Trinajstić information content (AvgIpc) is 3.01. The lowest BCUT2D eigenvalue weighted by Crippen LogP contribution is -2.44. The number of carbonyl (C=O) groups is 3. The molecule has 2 aromatic carbocycles. The zero-order chi connectivity index (χ0) is 20.4. The SMILES string of the molecule is CNC1CCN(C(=O)c2ccc3c(c2)C(=O)N(CCc2ccccc2)C3=O)CC1.Cl. The van der Waals surface area contributed by atoms with Crippen LogP contribution in [0.15, 0.2) is 48.5 Å². The number of hydrogen-bond acceptors (Lipinski definition) is 4. The van der Waals surface area contributed by atoms with Gasteiger partial charge in [-0.05, 0) is 50.1 Å². The number of likely N-dealkylation sites (tertiary alicyclic amines) is 1. The first-order valence-electron chi connectivity index (χ1n) is 10.1. The molecule has 1 fully saturated rings. The van der Waals surface area contributed by atoms with Crippen LogP contribution in [0.5, 0.6) is 0 Å². The molecule has 30 heavy (non-hydrogen) atoms. The summed E-state index contributed by atoms with van der Waals surface area (Å²) in [6.45, 7) is 1.71. The van der Waals surface area contributed by atoms with Gasteiger partial charge in [0.05, 0.1) is 11.1 Å². The molecule has 6 nitrogen and oxygen atoms in total. The maximum atomic E-state index is 12.9. The van der Waals surface area contributed by atoms with E-state index in [-0.39, 0.29) is 30.1 Å². The molecule has 2 heterocycles. The van der Waals surface area contributed by atoms with Crippen LogP contribution in [0, 0.1) is 0 Å². The number of halogens is 1. The largest absolute Gasteiger partial charge is 0.339 e. The Morgan fingerprint density at radius 1 is 1.00 bits per heavy atom. The first-order chi connectivity index (χ1) is 14.1. The van der Waals surface area contributed by atoms with Gasteiger partial charge >= 0.3 is 0 Å². The Morgan fingerprint density at radius 2 is 1.67 bits per heavy atom. The third kappa shape index (κ3) is 4.25. The van der Waals surface area contributed by atoms with Gasteiger partial charge in [0, 0.05) is 31.2 Å².